The van der Waals surface area contributed by atoms with Crippen LogP contribution in [0.25, 0.3) is 0 Å². The Morgan fingerprint density at radius 2 is 2.17 bits per heavy atom. The van der Waals surface area contributed by atoms with Crippen LogP contribution in [-0.2, 0) is 17.8 Å². The Morgan fingerprint density at radius 3 is 2.83 bits per heavy atom. The first-order valence-corrected chi connectivity index (χ1v) is 8.11. The standard InChI is InChI=1S/C16H25N3O4/c1-4-5-14-18-11(3)13(23-14)7-17-16(22)19-8-10(2)6-12(9-19)15(20)21/h10,12H,4-9H2,1-3H3,(H,17,22)(H,20,21). The van der Waals surface area contributed by atoms with Crippen LogP contribution in [0.5, 0.6) is 0 Å². The molecular formula is C16H25N3O4. The van der Waals surface area contributed by atoms with Crippen LogP contribution < -0.4 is 5.32 Å². The van der Waals surface area contributed by atoms with Crippen LogP contribution in [0.15, 0.2) is 4.42 Å². The summed E-state index contributed by atoms with van der Waals surface area (Å²) in [6, 6.07) is -0.254. The molecule has 128 valence electrons. The molecule has 2 heterocycles. The number of likely N-dealkylation sites (tertiary alicyclic amines) is 1. The zero-order valence-corrected chi connectivity index (χ0v) is 14.0. The van der Waals surface area contributed by atoms with Gasteiger partial charge in [0.25, 0.3) is 0 Å². The number of carbonyl (C=O) groups is 2. The Hall–Kier alpha value is -2.05. The topological polar surface area (TPSA) is 95.7 Å². The van der Waals surface area contributed by atoms with Crippen LogP contribution in [0.4, 0.5) is 4.79 Å². The van der Waals surface area contributed by atoms with Gasteiger partial charge in [0.1, 0.15) is 5.76 Å². The SMILES string of the molecule is CCCc1nc(C)c(CNC(=O)N2CC(C)CC(C(=O)O)C2)o1. The van der Waals surface area contributed by atoms with Crippen molar-refractivity contribution in [3.63, 3.8) is 0 Å². The summed E-state index contributed by atoms with van der Waals surface area (Å²) in [5.74, 6) is 0.185. The average molecular weight is 323 g/mol. The molecule has 7 nitrogen and oxygen atoms in total. The number of nitrogens with one attached hydrogen (secondary N) is 1. The van der Waals surface area contributed by atoms with Gasteiger partial charge in [-0.1, -0.05) is 13.8 Å². The highest BCUT2D eigenvalue weighted by atomic mass is 16.4. The van der Waals surface area contributed by atoms with Gasteiger partial charge in [-0.3, -0.25) is 4.79 Å². The normalized spacial score (nSPS) is 21.3. The fourth-order valence-corrected chi connectivity index (χ4v) is 2.94. The van der Waals surface area contributed by atoms with Crippen LogP contribution in [0.3, 0.4) is 0 Å². The predicted octanol–water partition coefficient (Wildman–Crippen LogP) is 2.19. The summed E-state index contributed by atoms with van der Waals surface area (Å²) in [6.07, 6.45) is 2.34. The molecule has 7 heteroatoms. The van der Waals surface area contributed by atoms with E-state index in [4.69, 9.17) is 4.42 Å². The number of piperidine rings is 1. The van der Waals surface area contributed by atoms with E-state index in [1.165, 1.54) is 0 Å². The molecule has 1 aliphatic heterocycles. The number of aromatic nitrogens is 1. The molecule has 0 aromatic carbocycles. The maximum absolute atomic E-state index is 12.3. The van der Waals surface area contributed by atoms with Crippen molar-refractivity contribution in [3.05, 3.63) is 17.3 Å². The van der Waals surface area contributed by atoms with Crippen molar-refractivity contribution in [1.82, 2.24) is 15.2 Å². The summed E-state index contributed by atoms with van der Waals surface area (Å²) in [5.41, 5.74) is 0.782. The second-order valence-corrected chi connectivity index (χ2v) is 6.31. The molecule has 1 aliphatic rings. The molecule has 1 aromatic rings. The monoisotopic (exact) mass is 323 g/mol. The number of aryl methyl sites for hydroxylation is 2. The summed E-state index contributed by atoms with van der Waals surface area (Å²) >= 11 is 0. The van der Waals surface area contributed by atoms with Gasteiger partial charge in [0.15, 0.2) is 5.89 Å². The highest BCUT2D eigenvalue weighted by Crippen LogP contribution is 2.22. The van der Waals surface area contributed by atoms with Crippen molar-refractivity contribution in [1.29, 1.82) is 0 Å². The number of carbonyl (C=O) groups excluding carboxylic acids is 1. The number of rotatable bonds is 5. The molecule has 2 N–H and O–H groups in total. The number of nitrogens with zero attached hydrogens (tertiary/aromatic N) is 2. The second kappa shape index (κ2) is 7.48. The molecular weight excluding hydrogens is 298 g/mol. The van der Waals surface area contributed by atoms with Crippen molar-refractivity contribution in [2.75, 3.05) is 13.1 Å². The van der Waals surface area contributed by atoms with E-state index in [0.717, 1.165) is 18.5 Å². The van der Waals surface area contributed by atoms with Crippen LogP contribution in [0.1, 0.15) is 44.0 Å². The van der Waals surface area contributed by atoms with E-state index in [-0.39, 0.29) is 25.0 Å². The van der Waals surface area contributed by atoms with Crippen molar-refractivity contribution >= 4 is 12.0 Å². The Balaban J connectivity index is 1.92. The summed E-state index contributed by atoms with van der Waals surface area (Å²) in [7, 11) is 0. The van der Waals surface area contributed by atoms with Crippen molar-refractivity contribution in [2.24, 2.45) is 11.8 Å². The molecule has 1 aromatic heterocycles. The summed E-state index contributed by atoms with van der Waals surface area (Å²) in [4.78, 5) is 29.4. The number of hydrogen-bond donors (Lipinski definition) is 2. The number of aliphatic carboxylic acids is 1. The Kier molecular flexibility index (Phi) is 5.63. The number of hydrogen-bond acceptors (Lipinski definition) is 4. The van der Waals surface area contributed by atoms with E-state index in [1.807, 2.05) is 13.8 Å². The van der Waals surface area contributed by atoms with Crippen molar-refractivity contribution < 1.29 is 19.1 Å². The minimum Gasteiger partial charge on any atom is -0.481 e. The van der Waals surface area contributed by atoms with E-state index >= 15 is 0 Å². The van der Waals surface area contributed by atoms with Gasteiger partial charge in [0.05, 0.1) is 18.2 Å². The summed E-state index contributed by atoms with van der Waals surface area (Å²) in [6.45, 7) is 6.97. The first-order chi connectivity index (χ1) is 10.9. The van der Waals surface area contributed by atoms with Gasteiger partial charge in [0, 0.05) is 19.5 Å². The van der Waals surface area contributed by atoms with Gasteiger partial charge in [-0.15, -0.1) is 0 Å². The number of amides is 2. The third-order valence-corrected chi connectivity index (χ3v) is 4.10. The first kappa shape index (κ1) is 17.3. The molecule has 1 saturated heterocycles. The first-order valence-electron chi connectivity index (χ1n) is 8.11. The number of oxazole rings is 1. The molecule has 1 fully saturated rings. The van der Waals surface area contributed by atoms with Crippen LogP contribution in [0, 0.1) is 18.8 Å². The zero-order chi connectivity index (χ0) is 17.0. The maximum Gasteiger partial charge on any atom is 0.317 e. The van der Waals surface area contributed by atoms with Crippen LogP contribution >= 0.6 is 0 Å². The van der Waals surface area contributed by atoms with E-state index in [1.54, 1.807) is 4.90 Å². The molecule has 2 rings (SSSR count). The molecule has 0 radical (unpaired) electrons. The Morgan fingerprint density at radius 1 is 1.43 bits per heavy atom. The highest BCUT2D eigenvalue weighted by molar-refractivity contribution is 5.76. The van der Waals surface area contributed by atoms with Gasteiger partial charge in [-0.05, 0) is 25.7 Å². The number of carboxylic acid groups (broad SMARTS) is 1. The van der Waals surface area contributed by atoms with E-state index in [2.05, 4.69) is 17.2 Å². The summed E-state index contributed by atoms with van der Waals surface area (Å²) in [5, 5.41) is 12.0. The molecule has 0 aliphatic carbocycles. The van der Waals surface area contributed by atoms with Gasteiger partial charge < -0.3 is 19.7 Å². The molecule has 0 spiro atoms. The predicted molar refractivity (Wildman–Crippen MR) is 84.0 cm³/mol. The molecule has 2 amide bonds. The van der Waals surface area contributed by atoms with E-state index in [0.29, 0.717) is 24.6 Å². The Bertz CT molecular complexity index is 570. The molecule has 23 heavy (non-hydrogen) atoms. The fourth-order valence-electron chi connectivity index (χ4n) is 2.94. The van der Waals surface area contributed by atoms with E-state index < -0.39 is 11.9 Å². The highest BCUT2D eigenvalue weighted by Gasteiger charge is 2.31. The van der Waals surface area contributed by atoms with Gasteiger partial charge in [0.2, 0.25) is 0 Å². The number of carboxylic acids is 1. The maximum atomic E-state index is 12.3. The fraction of sp³-hybridized carbons (Fsp3) is 0.688. The minimum absolute atomic E-state index is 0.179. The van der Waals surface area contributed by atoms with Gasteiger partial charge in [-0.2, -0.15) is 0 Å². The molecule has 0 saturated carbocycles. The lowest BCUT2D eigenvalue weighted by atomic mass is 9.91. The van der Waals surface area contributed by atoms with E-state index in [9.17, 15) is 14.7 Å². The second-order valence-electron chi connectivity index (χ2n) is 6.31. The van der Waals surface area contributed by atoms with Crippen molar-refractivity contribution in [2.45, 2.75) is 46.6 Å². The molecule has 0 bridgehead atoms. The summed E-state index contributed by atoms with van der Waals surface area (Å²) < 4.78 is 5.63. The lowest BCUT2D eigenvalue weighted by molar-refractivity contribution is -0.143. The largest absolute Gasteiger partial charge is 0.481 e. The minimum atomic E-state index is -0.843. The van der Waals surface area contributed by atoms with Gasteiger partial charge >= 0.3 is 12.0 Å². The molecule has 2 atom stereocenters. The van der Waals surface area contributed by atoms with Crippen LogP contribution in [0.2, 0.25) is 0 Å². The number of urea groups is 1. The van der Waals surface area contributed by atoms with Gasteiger partial charge in [-0.25, -0.2) is 9.78 Å². The smallest absolute Gasteiger partial charge is 0.317 e. The third kappa shape index (κ3) is 4.46. The Labute approximate surface area is 136 Å². The lowest BCUT2D eigenvalue weighted by Crippen LogP contribution is -2.49. The quantitative estimate of drug-likeness (QED) is 0.866. The van der Waals surface area contributed by atoms with Crippen LogP contribution in [-0.4, -0.2) is 40.1 Å². The molecule has 2 unspecified atom stereocenters. The lowest BCUT2D eigenvalue weighted by Gasteiger charge is -2.34. The van der Waals surface area contributed by atoms with Crippen molar-refractivity contribution in [3.8, 4) is 0 Å². The average Bonchev–Trinajstić information content (AvgIpc) is 2.84. The zero-order valence-electron chi connectivity index (χ0n) is 14.0. The third-order valence-electron chi connectivity index (χ3n) is 4.10.